The highest BCUT2D eigenvalue weighted by Crippen LogP contribution is 2.37. The third-order valence-electron chi connectivity index (χ3n) is 5.18. The highest BCUT2D eigenvalue weighted by Gasteiger charge is 2.50. The highest BCUT2D eigenvalue weighted by atomic mass is 16.5. The molecule has 0 radical (unpaired) electrons. The van der Waals surface area contributed by atoms with E-state index in [4.69, 9.17) is 14.2 Å². The molecule has 1 fully saturated rings. The third-order valence-corrected chi connectivity index (χ3v) is 5.18. The summed E-state index contributed by atoms with van der Waals surface area (Å²) in [5.74, 6) is 1.78. The average Bonchev–Trinajstić information content (AvgIpc) is 2.77. The van der Waals surface area contributed by atoms with Crippen molar-refractivity contribution in [2.45, 2.75) is 25.0 Å². The number of rotatable bonds is 10. The molecule has 1 saturated heterocycles. The number of methoxy groups -OCH3 is 2. The normalized spacial score (nSPS) is 19.4. The van der Waals surface area contributed by atoms with Crippen molar-refractivity contribution in [3.05, 3.63) is 48.5 Å². The van der Waals surface area contributed by atoms with Gasteiger partial charge in [-0.25, -0.2) is 0 Å². The first kappa shape index (κ1) is 21.0. The van der Waals surface area contributed by atoms with E-state index in [1.807, 2.05) is 24.3 Å². The lowest BCUT2D eigenvalue weighted by Crippen LogP contribution is -2.66. The fourth-order valence-electron chi connectivity index (χ4n) is 3.62. The highest BCUT2D eigenvalue weighted by molar-refractivity contribution is 6.03. The molecule has 0 unspecified atom stereocenters. The Labute approximate surface area is 170 Å². The molecule has 2 N–H and O–H groups in total. The van der Waals surface area contributed by atoms with Crippen molar-refractivity contribution in [1.82, 2.24) is 0 Å². The van der Waals surface area contributed by atoms with E-state index in [0.717, 1.165) is 11.5 Å². The molecule has 156 valence electrons. The molecule has 1 aliphatic heterocycles. The van der Waals surface area contributed by atoms with Crippen molar-refractivity contribution in [1.29, 1.82) is 0 Å². The summed E-state index contributed by atoms with van der Waals surface area (Å²) >= 11 is 0. The van der Waals surface area contributed by atoms with Crippen molar-refractivity contribution in [2.24, 2.45) is 5.92 Å². The zero-order chi connectivity index (χ0) is 20.8. The van der Waals surface area contributed by atoms with Crippen LogP contribution in [0.2, 0.25) is 0 Å². The van der Waals surface area contributed by atoms with Gasteiger partial charge in [-0.05, 0) is 61.4 Å². The van der Waals surface area contributed by atoms with Crippen LogP contribution in [0.15, 0.2) is 48.5 Å². The molecular formula is C22H27NO6. The lowest BCUT2D eigenvalue weighted by Gasteiger charge is -2.49. The Morgan fingerprint density at radius 2 is 1.52 bits per heavy atom. The number of benzene rings is 2. The zero-order valence-electron chi connectivity index (χ0n) is 16.7. The van der Waals surface area contributed by atoms with E-state index in [1.54, 1.807) is 43.4 Å². The minimum Gasteiger partial charge on any atom is -0.497 e. The van der Waals surface area contributed by atoms with E-state index in [2.05, 4.69) is 0 Å². The number of aliphatic hydroxyl groups is 2. The van der Waals surface area contributed by atoms with Gasteiger partial charge in [0.1, 0.15) is 17.2 Å². The Kier molecular flexibility index (Phi) is 6.95. The van der Waals surface area contributed by atoms with Gasteiger partial charge in [-0.1, -0.05) is 0 Å². The van der Waals surface area contributed by atoms with Gasteiger partial charge >= 0.3 is 0 Å². The maximum absolute atomic E-state index is 12.7. The maximum atomic E-state index is 12.7. The molecule has 0 spiro atoms. The smallest absolute Gasteiger partial charge is 0.232 e. The Hall–Kier alpha value is -2.77. The van der Waals surface area contributed by atoms with Crippen LogP contribution in [0.5, 0.6) is 17.2 Å². The Bertz CT molecular complexity index is 792. The standard InChI is InChI=1S/C22H27NO6/c1-27-16-7-5-15(6-8-16)23-21(20(25)14-24)19(22(23)26)4-3-13-29-18-11-9-17(28-2)10-12-18/h5-12,19-21,24-25H,3-4,13-14H2,1-2H3/t19-,20-,21-/m1/s1. The largest absolute Gasteiger partial charge is 0.497 e. The summed E-state index contributed by atoms with van der Waals surface area (Å²) in [5, 5.41) is 19.7. The summed E-state index contributed by atoms with van der Waals surface area (Å²) in [7, 11) is 3.18. The van der Waals surface area contributed by atoms with E-state index in [0.29, 0.717) is 30.9 Å². The number of nitrogens with zero attached hydrogens (tertiary/aromatic N) is 1. The first-order chi connectivity index (χ1) is 14.1. The summed E-state index contributed by atoms with van der Waals surface area (Å²) in [6, 6.07) is 13.9. The van der Waals surface area contributed by atoms with Gasteiger partial charge in [-0.2, -0.15) is 0 Å². The van der Waals surface area contributed by atoms with E-state index in [1.165, 1.54) is 0 Å². The summed E-state index contributed by atoms with van der Waals surface area (Å²) in [4.78, 5) is 14.3. The minimum atomic E-state index is -0.998. The van der Waals surface area contributed by atoms with Gasteiger partial charge in [0.15, 0.2) is 0 Å². The number of anilines is 1. The lowest BCUT2D eigenvalue weighted by atomic mass is 9.80. The SMILES string of the molecule is COc1ccc(OCCC[C@H]2C(=O)N(c3ccc(OC)cc3)[C@H]2[C@H](O)CO)cc1. The zero-order valence-corrected chi connectivity index (χ0v) is 16.7. The second-order valence-electron chi connectivity index (χ2n) is 6.92. The quantitative estimate of drug-likeness (QED) is 0.469. The Morgan fingerprint density at radius 1 is 0.966 bits per heavy atom. The van der Waals surface area contributed by atoms with Crippen molar-refractivity contribution in [2.75, 3.05) is 32.3 Å². The average molecular weight is 401 g/mol. The Balaban J connectivity index is 1.57. The van der Waals surface area contributed by atoms with Crippen molar-refractivity contribution in [3.8, 4) is 17.2 Å². The van der Waals surface area contributed by atoms with Crippen LogP contribution >= 0.6 is 0 Å². The van der Waals surface area contributed by atoms with Crippen LogP contribution < -0.4 is 19.1 Å². The topological polar surface area (TPSA) is 88.5 Å². The van der Waals surface area contributed by atoms with Crippen LogP contribution in [-0.4, -0.2) is 55.7 Å². The van der Waals surface area contributed by atoms with E-state index in [9.17, 15) is 15.0 Å². The van der Waals surface area contributed by atoms with Crippen molar-refractivity contribution >= 4 is 11.6 Å². The molecule has 29 heavy (non-hydrogen) atoms. The number of carbonyl (C=O) groups excluding carboxylic acids is 1. The van der Waals surface area contributed by atoms with Crippen LogP contribution in [0, 0.1) is 5.92 Å². The molecule has 2 aromatic carbocycles. The van der Waals surface area contributed by atoms with Gasteiger partial charge in [0, 0.05) is 5.69 Å². The van der Waals surface area contributed by atoms with E-state index >= 15 is 0 Å². The van der Waals surface area contributed by atoms with E-state index in [-0.39, 0.29) is 11.8 Å². The molecule has 2 aromatic rings. The molecule has 3 atom stereocenters. The third kappa shape index (κ3) is 4.63. The second kappa shape index (κ2) is 9.62. The molecule has 7 nitrogen and oxygen atoms in total. The predicted octanol–water partition coefficient (Wildman–Crippen LogP) is 2.25. The first-order valence-corrected chi connectivity index (χ1v) is 9.62. The van der Waals surface area contributed by atoms with Crippen LogP contribution in [0.25, 0.3) is 0 Å². The number of carbonyl (C=O) groups is 1. The molecule has 0 bridgehead atoms. The lowest BCUT2D eigenvalue weighted by molar-refractivity contribution is -0.134. The van der Waals surface area contributed by atoms with Gasteiger partial charge in [0.25, 0.3) is 0 Å². The van der Waals surface area contributed by atoms with Crippen molar-refractivity contribution in [3.63, 3.8) is 0 Å². The molecule has 1 amide bonds. The second-order valence-corrected chi connectivity index (χ2v) is 6.92. The van der Waals surface area contributed by atoms with Gasteiger partial charge in [-0.3, -0.25) is 4.79 Å². The number of hydrogen-bond donors (Lipinski definition) is 2. The van der Waals surface area contributed by atoms with Gasteiger partial charge < -0.3 is 29.3 Å². The van der Waals surface area contributed by atoms with Crippen LogP contribution in [0.3, 0.4) is 0 Å². The molecule has 7 heteroatoms. The summed E-state index contributed by atoms with van der Waals surface area (Å²) in [6.45, 7) is 0.0596. The van der Waals surface area contributed by atoms with Crippen molar-refractivity contribution < 1.29 is 29.2 Å². The number of aliphatic hydroxyl groups excluding tert-OH is 2. The summed E-state index contributed by atoms with van der Waals surface area (Å²) in [6.07, 6.45) is 0.235. The molecule has 0 aliphatic carbocycles. The first-order valence-electron chi connectivity index (χ1n) is 9.62. The van der Waals surface area contributed by atoms with Crippen LogP contribution in [-0.2, 0) is 4.79 Å². The molecule has 0 aromatic heterocycles. The molecule has 1 heterocycles. The fourth-order valence-corrected chi connectivity index (χ4v) is 3.62. The Morgan fingerprint density at radius 3 is 2.07 bits per heavy atom. The fraction of sp³-hybridized carbons (Fsp3) is 0.409. The molecule has 0 saturated carbocycles. The minimum absolute atomic E-state index is 0.0582. The van der Waals surface area contributed by atoms with Crippen LogP contribution in [0.1, 0.15) is 12.8 Å². The molecule has 3 rings (SSSR count). The summed E-state index contributed by atoms with van der Waals surface area (Å²) in [5.41, 5.74) is 0.680. The number of ether oxygens (including phenoxy) is 3. The molecular weight excluding hydrogens is 374 g/mol. The number of hydrogen-bond acceptors (Lipinski definition) is 6. The van der Waals surface area contributed by atoms with E-state index < -0.39 is 18.8 Å². The maximum Gasteiger partial charge on any atom is 0.232 e. The monoisotopic (exact) mass is 401 g/mol. The van der Waals surface area contributed by atoms with Gasteiger partial charge in [-0.15, -0.1) is 0 Å². The summed E-state index contributed by atoms with van der Waals surface area (Å²) < 4.78 is 16.0. The van der Waals surface area contributed by atoms with Gasteiger partial charge in [0.05, 0.1) is 45.5 Å². The number of β-lactam (4-membered cyclic amide) rings is 1. The predicted molar refractivity (Wildman–Crippen MR) is 109 cm³/mol. The van der Waals surface area contributed by atoms with Crippen LogP contribution in [0.4, 0.5) is 5.69 Å². The van der Waals surface area contributed by atoms with Gasteiger partial charge in [0.2, 0.25) is 5.91 Å². The number of amides is 1. The molecule has 1 aliphatic rings.